The third kappa shape index (κ3) is 4.76. The molecule has 0 aliphatic rings. The molecule has 0 aliphatic carbocycles. The molecule has 0 fully saturated rings. The van der Waals surface area contributed by atoms with Crippen LogP contribution < -0.4 is 5.32 Å². The first-order valence-corrected chi connectivity index (χ1v) is 7.27. The minimum Gasteiger partial charge on any atom is -0.326 e. The highest BCUT2D eigenvalue weighted by molar-refractivity contribution is 9.10. The summed E-state index contributed by atoms with van der Waals surface area (Å²) >= 11 is 6.41. The fourth-order valence-corrected chi connectivity index (χ4v) is 2.23. The van der Waals surface area contributed by atoms with Gasteiger partial charge in [0.25, 0.3) is 0 Å². The number of nitrogens with one attached hydrogen (secondary N) is 1. The second kappa shape index (κ2) is 7.11. The maximum Gasteiger partial charge on any atom is 0.224 e. The molecule has 0 aromatic heterocycles. The van der Waals surface area contributed by atoms with E-state index in [0.29, 0.717) is 16.6 Å². The summed E-state index contributed by atoms with van der Waals surface area (Å²) in [4.78, 5) is 11.6. The number of hydrogen-bond donors (Lipinski definition) is 1. The quantitative estimate of drug-likeness (QED) is 0.607. The van der Waals surface area contributed by atoms with E-state index in [1.807, 2.05) is 6.92 Å². The highest BCUT2D eigenvalue weighted by atomic mass is 79.9. The molecule has 0 atom stereocenters. The van der Waals surface area contributed by atoms with Crippen molar-refractivity contribution in [2.45, 2.75) is 26.2 Å². The van der Waals surface area contributed by atoms with E-state index >= 15 is 0 Å². The first-order chi connectivity index (χ1) is 8.04. The SMILES string of the molecule is Cc1cc(Br)c(F)cc1NC(=O)CCCCBr. The zero-order chi connectivity index (χ0) is 12.8. The second-order valence-electron chi connectivity index (χ2n) is 3.78. The van der Waals surface area contributed by atoms with Gasteiger partial charge < -0.3 is 5.32 Å². The van der Waals surface area contributed by atoms with E-state index in [1.54, 1.807) is 6.07 Å². The van der Waals surface area contributed by atoms with Gasteiger partial charge in [0.2, 0.25) is 5.91 Å². The van der Waals surface area contributed by atoms with Gasteiger partial charge in [-0.05, 0) is 53.4 Å². The average molecular weight is 367 g/mol. The lowest BCUT2D eigenvalue weighted by atomic mass is 10.2. The van der Waals surface area contributed by atoms with Crippen LogP contribution in [0.25, 0.3) is 0 Å². The third-order valence-corrected chi connectivity index (χ3v) is 3.50. The van der Waals surface area contributed by atoms with Gasteiger partial charge in [-0.3, -0.25) is 4.79 Å². The van der Waals surface area contributed by atoms with Crippen molar-refractivity contribution in [3.05, 3.63) is 28.0 Å². The molecule has 0 unspecified atom stereocenters. The largest absolute Gasteiger partial charge is 0.326 e. The third-order valence-electron chi connectivity index (χ3n) is 2.33. The van der Waals surface area contributed by atoms with Crippen molar-refractivity contribution in [3.63, 3.8) is 0 Å². The lowest BCUT2D eigenvalue weighted by Gasteiger charge is -2.09. The van der Waals surface area contributed by atoms with Crippen LogP contribution in [0.15, 0.2) is 16.6 Å². The highest BCUT2D eigenvalue weighted by Gasteiger charge is 2.08. The maximum atomic E-state index is 13.3. The van der Waals surface area contributed by atoms with Crippen LogP contribution >= 0.6 is 31.9 Å². The number of anilines is 1. The molecule has 0 bridgehead atoms. The summed E-state index contributed by atoms with van der Waals surface area (Å²) in [5.74, 6) is -0.442. The van der Waals surface area contributed by atoms with E-state index in [1.165, 1.54) is 6.07 Å². The van der Waals surface area contributed by atoms with Gasteiger partial charge in [0, 0.05) is 17.4 Å². The molecule has 17 heavy (non-hydrogen) atoms. The standard InChI is InChI=1S/C12H14Br2FNO/c1-8-6-9(14)10(15)7-11(8)16-12(17)4-2-3-5-13/h6-7H,2-5H2,1H3,(H,16,17). The Morgan fingerprint density at radius 3 is 2.76 bits per heavy atom. The van der Waals surface area contributed by atoms with Crippen LogP contribution in [-0.4, -0.2) is 11.2 Å². The normalized spacial score (nSPS) is 10.4. The Kier molecular flexibility index (Phi) is 6.12. The van der Waals surface area contributed by atoms with Crippen LogP contribution in [0.4, 0.5) is 10.1 Å². The van der Waals surface area contributed by atoms with Gasteiger partial charge in [-0.15, -0.1) is 0 Å². The summed E-state index contributed by atoms with van der Waals surface area (Å²) in [5.41, 5.74) is 1.38. The van der Waals surface area contributed by atoms with Gasteiger partial charge in [0.05, 0.1) is 4.47 Å². The summed E-state index contributed by atoms with van der Waals surface area (Å²) in [6.45, 7) is 1.83. The van der Waals surface area contributed by atoms with E-state index in [4.69, 9.17) is 0 Å². The molecule has 0 saturated carbocycles. The lowest BCUT2D eigenvalue weighted by molar-refractivity contribution is -0.116. The summed E-state index contributed by atoms with van der Waals surface area (Å²) in [6.07, 6.45) is 2.25. The van der Waals surface area contributed by atoms with Gasteiger partial charge in [0.1, 0.15) is 5.82 Å². The molecular weight excluding hydrogens is 353 g/mol. The molecule has 1 rings (SSSR count). The molecule has 2 nitrogen and oxygen atoms in total. The Morgan fingerprint density at radius 1 is 1.41 bits per heavy atom. The number of carbonyl (C=O) groups is 1. The molecule has 1 N–H and O–H groups in total. The van der Waals surface area contributed by atoms with Crippen LogP contribution in [0.1, 0.15) is 24.8 Å². The van der Waals surface area contributed by atoms with E-state index in [-0.39, 0.29) is 11.7 Å². The summed E-state index contributed by atoms with van der Waals surface area (Å²) in [7, 11) is 0. The average Bonchev–Trinajstić information content (AvgIpc) is 2.26. The van der Waals surface area contributed by atoms with E-state index in [2.05, 4.69) is 37.2 Å². The van der Waals surface area contributed by atoms with Gasteiger partial charge in [0.15, 0.2) is 0 Å². The van der Waals surface area contributed by atoms with Crippen molar-refractivity contribution in [3.8, 4) is 0 Å². The number of aryl methyl sites for hydroxylation is 1. The molecular formula is C12H14Br2FNO. The molecule has 0 saturated heterocycles. The number of unbranched alkanes of at least 4 members (excludes halogenated alkanes) is 1. The molecule has 1 aromatic carbocycles. The first-order valence-electron chi connectivity index (χ1n) is 5.36. The van der Waals surface area contributed by atoms with Crippen LogP contribution in [0.3, 0.4) is 0 Å². The zero-order valence-electron chi connectivity index (χ0n) is 9.53. The van der Waals surface area contributed by atoms with Crippen molar-refractivity contribution in [1.29, 1.82) is 0 Å². The first kappa shape index (κ1) is 14.6. The fourth-order valence-electron chi connectivity index (χ4n) is 1.37. The number of halogens is 3. The topological polar surface area (TPSA) is 29.1 Å². The van der Waals surface area contributed by atoms with Gasteiger partial charge in [-0.25, -0.2) is 4.39 Å². The predicted octanol–water partition coefficient (Wildman–Crippen LogP) is 4.40. The minimum absolute atomic E-state index is 0.0734. The predicted molar refractivity (Wildman–Crippen MR) is 75.1 cm³/mol. The van der Waals surface area contributed by atoms with E-state index < -0.39 is 0 Å². The number of alkyl halides is 1. The van der Waals surface area contributed by atoms with Crippen molar-refractivity contribution < 1.29 is 9.18 Å². The maximum absolute atomic E-state index is 13.3. The Hall–Kier alpha value is -0.420. The van der Waals surface area contributed by atoms with Crippen molar-refractivity contribution in [2.24, 2.45) is 0 Å². The fraction of sp³-hybridized carbons (Fsp3) is 0.417. The Bertz CT molecular complexity index is 410. The van der Waals surface area contributed by atoms with Gasteiger partial charge in [-0.2, -0.15) is 0 Å². The Morgan fingerprint density at radius 2 is 2.12 bits per heavy atom. The van der Waals surface area contributed by atoms with Crippen LogP contribution in [-0.2, 0) is 4.79 Å². The summed E-state index contributed by atoms with van der Waals surface area (Å²) in [6, 6.07) is 2.99. The summed E-state index contributed by atoms with van der Waals surface area (Å²) in [5, 5.41) is 3.62. The Balaban J connectivity index is 2.62. The molecule has 0 aliphatic heterocycles. The van der Waals surface area contributed by atoms with Crippen LogP contribution in [0, 0.1) is 12.7 Å². The smallest absolute Gasteiger partial charge is 0.224 e. The van der Waals surface area contributed by atoms with E-state index in [9.17, 15) is 9.18 Å². The molecule has 94 valence electrons. The number of amides is 1. The van der Waals surface area contributed by atoms with Crippen LogP contribution in [0.5, 0.6) is 0 Å². The highest BCUT2D eigenvalue weighted by Crippen LogP contribution is 2.24. The lowest BCUT2D eigenvalue weighted by Crippen LogP contribution is -2.12. The monoisotopic (exact) mass is 365 g/mol. The van der Waals surface area contributed by atoms with Gasteiger partial charge >= 0.3 is 0 Å². The number of rotatable bonds is 5. The molecule has 1 aromatic rings. The summed E-state index contributed by atoms with van der Waals surface area (Å²) < 4.78 is 13.7. The number of hydrogen-bond acceptors (Lipinski definition) is 1. The van der Waals surface area contributed by atoms with Crippen molar-refractivity contribution >= 4 is 43.5 Å². The number of carbonyl (C=O) groups excluding carboxylic acids is 1. The molecule has 0 heterocycles. The van der Waals surface area contributed by atoms with Gasteiger partial charge in [-0.1, -0.05) is 15.9 Å². The Labute approximate surface area is 117 Å². The molecule has 5 heteroatoms. The molecule has 1 amide bonds. The van der Waals surface area contributed by atoms with Crippen molar-refractivity contribution in [1.82, 2.24) is 0 Å². The minimum atomic E-state index is -0.369. The second-order valence-corrected chi connectivity index (χ2v) is 5.42. The van der Waals surface area contributed by atoms with Crippen LogP contribution in [0.2, 0.25) is 0 Å². The van der Waals surface area contributed by atoms with Crippen molar-refractivity contribution in [2.75, 3.05) is 10.6 Å². The number of benzene rings is 1. The zero-order valence-corrected chi connectivity index (χ0v) is 12.7. The molecule has 0 spiro atoms. The van der Waals surface area contributed by atoms with E-state index in [0.717, 1.165) is 23.7 Å². The molecule has 0 radical (unpaired) electrons.